The van der Waals surface area contributed by atoms with Crippen LogP contribution in [0.25, 0.3) is 10.6 Å². The van der Waals surface area contributed by atoms with E-state index in [0.717, 1.165) is 17.2 Å². The summed E-state index contributed by atoms with van der Waals surface area (Å²) >= 11 is 1.75. The summed E-state index contributed by atoms with van der Waals surface area (Å²) < 4.78 is 5.29. The molecular weight excluding hydrogens is 280 g/mol. The first kappa shape index (κ1) is 16.1. The third-order valence-corrected chi connectivity index (χ3v) is 4.25. The number of nitrogens with zero attached hydrogens (tertiary/aromatic N) is 1. The molecular formula is C17H24N2OS. The summed E-state index contributed by atoms with van der Waals surface area (Å²) in [6.07, 6.45) is 0. The molecule has 1 aromatic heterocycles. The van der Waals surface area contributed by atoms with Crippen LogP contribution in [0, 0.1) is 6.92 Å². The molecule has 0 unspecified atom stereocenters. The van der Waals surface area contributed by atoms with Gasteiger partial charge in [-0.05, 0) is 33.8 Å². The Morgan fingerprint density at radius 2 is 2.05 bits per heavy atom. The lowest BCUT2D eigenvalue weighted by Gasteiger charge is -2.20. The molecule has 0 radical (unpaired) electrons. The molecule has 1 heterocycles. The molecule has 21 heavy (non-hydrogen) atoms. The Morgan fingerprint density at radius 1 is 1.29 bits per heavy atom. The van der Waals surface area contributed by atoms with Crippen LogP contribution in [0.1, 0.15) is 36.9 Å². The molecule has 4 heteroatoms. The third kappa shape index (κ3) is 4.63. The van der Waals surface area contributed by atoms with Crippen LogP contribution < -0.4 is 5.32 Å². The Balaban J connectivity index is 2.28. The fourth-order valence-electron chi connectivity index (χ4n) is 2.02. The van der Waals surface area contributed by atoms with Crippen LogP contribution in [-0.2, 0) is 17.9 Å². The number of thiazole rings is 1. The summed E-state index contributed by atoms with van der Waals surface area (Å²) in [7, 11) is 1.71. The Bertz CT molecular complexity index is 599. The summed E-state index contributed by atoms with van der Waals surface area (Å²) in [6, 6.07) is 8.48. The lowest BCUT2D eigenvalue weighted by Crippen LogP contribution is -2.35. The monoisotopic (exact) mass is 304 g/mol. The zero-order valence-corrected chi connectivity index (χ0v) is 14.3. The van der Waals surface area contributed by atoms with E-state index in [1.165, 1.54) is 16.0 Å². The molecule has 114 valence electrons. The molecule has 0 aliphatic rings. The van der Waals surface area contributed by atoms with Crippen LogP contribution >= 0.6 is 11.3 Å². The van der Waals surface area contributed by atoms with E-state index >= 15 is 0 Å². The molecule has 0 saturated heterocycles. The summed E-state index contributed by atoms with van der Waals surface area (Å²) in [5, 5.41) is 4.59. The number of hydrogen-bond donors (Lipinski definition) is 1. The molecule has 1 N–H and O–H groups in total. The van der Waals surface area contributed by atoms with Gasteiger partial charge in [0.05, 0.1) is 12.3 Å². The van der Waals surface area contributed by atoms with Crippen LogP contribution in [0.15, 0.2) is 24.3 Å². The second-order valence-electron chi connectivity index (χ2n) is 6.29. The molecule has 2 aromatic rings. The number of nitrogens with one attached hydrogen (secondary N) is 1. The second kappa shape index (κ2) is 6.69. The minimum atomic E-state index is 0.0951. The quantitative estimate of drug-likeness (QED) is 0.901. The summed E-state index contributed by atoms with van der Waals surface area (Å²) in [6.45, 7) is 10.0. The lowest BCUT2D eigenvalue weighted by molar-refractivity contribution is 0.181. The Labute approximate surface area is 131 Å². The summed E-state index contributed by atoms with van der Waals surface area (Å²) in [4.78, 5) is 6.02. The Morgan fingerprint density at radius 3 is 2.67 bits per heavy atom. The maximum absolute atomic E-state index is 5.29. The third-order valence-electron chi connectivity index (χ3n) is 3.10. The first-order valence-corrected chi connectivity index (χ1v) is 8.00. The van der Waals surface area contributed by atoms with Crippen molar-refractivity contribution in [3.8, 4) is 10.6 Å². The predicted octanol–water partition coefficient (Wildman–Crippen LogP) is 4.15. The number of aryl methyl sites for hydroxylation is 1. The van der Waals surface area contributed by atoms with E-state index in [1.807, 2.05) is 0 Å². The van der Waals surface area contributed by atoms with E-state index in [0.29, 0.717) is 6.61 Å². The van der Waals surface area contributed by atoms with Gasteiger partial charge in [-0.15, -0.1) is 11.3 Å². The van der Waals surface area contributed by atoms with Crippen molar-refractivity contribution in [3.05, 3.63) is 40.4 Å². The van der Waals surface area contributed by atoms with E-state index in [4.69, 9.17) is 9.72 Å². The average Bonchev–Trinajstić information content (AvgIpc) is 2.79. The summed E-state index contributed by atoms with van der Waals surface area (Å²) in [5.41, 5.74) is 3.57. The molecule has 0 aliphatic heterocycles. The van der Waals surface area contributed by atoms with Gasteiger partial charge in [-0.1, -0.05) is 23.8 Å². The summed E-state index contributed by atoms with van der Waals surface area (Å²) in [5.74, 6) is 0. The molecule has 0 amide bonds. The van der Waals surface area contributed by atoms with Gasteiger partial charge in [0.25, 0.3) is 0 Å². The first-order chi connectivity index (χ1) is 9.89. The van der Waals surface area contributed by atoms with Crippen molar-refractivity contribution in [1.82, 2.24) is 10.3 Å². The standard InChI is InChI=1S/C17H24N2OS/c1-12-7-6-8-13(9-12)16-19-14(11-20-5)15(21-16)10-18-17(2,3)4/h6-9,18H,10-11H2,1-5H3. The zero-order valence-electron chi connectivity index (χ0n) is 13.5. The largest absolute Gasteiger partial charge is 0.378 e. The van der Waals surface area contributed by atoms with Gasteiger partial charge in [0.15, 0.2) is 0 Å². The van der Waals surface area contributed by atoms with Crippen molar-refractivity contribution in [2.45, 2.75) is 46.4 Å². The van der Waals surface area contributed by atoms with Crippen molar-refractivity contribution in [1.29, 1.82) is 0 Å². The van der Waals surface area contributed by atoms with Crippen molar-refractivity contribution in [3.63, 3.8) is 0 Å². The van der Waals surface area contributed by atoms with Gasteiger partial charge in [-0.2, -0.15) is 0 Å². The van der Waals surface area contributed by atoms with Gasteiger partial charge in [-0.3, -0.25) is 0 Å². The van der Waals surface area contributed by atoms with E-state index in [-0.39, 0.29) is 5.54 Å². The average molecular weight is 304 g/mol. The Hall–Kier alpha value is -1.23. The number of aromatic nitrogens is 1. The zero-order chi connectivity index (χ0) is 15.5. The Kier molecular flexibility index (Phi) is 5.14. The van der Waals surface area contributed by atoms with Crippen LogP contribution in [0.2, 0.25) is 0 Å². The number of rotatable bonds is 5. The lowest BCUT2D eigenvalue weighted by atomic mass is 10.1. The highest BCUT2D eigenvalue weighted by molar-refractivity contribution is 7.15. The van der Waals surface area contributed by atoms with E-state index in [9.17, 15) is 0 Å². The molecule has 1 aromatic carbocycles. The molecule has 0 aliphatic carbocycles. The van der Waals surface area contributed by atoms with E-state index in [2.05, 4.69) is 57.3 Å². The van der Waals surface area contributed by atoms with Crippen LogP contribution in [-0.4, -0.2) is 17.6 Å². The van der Waals surface area contributed by atoms with Gasteiger partial charge in [-0.25, -0.2) is 4.98 Å². The van der Waals surface area contributed by atoms with Gasteiger partial charge in [0.1, 0.15) is 5.01 Å². The minimum Gasteiger partial charge on any atom is -0.378 e. The maximum Gasteiger partial charge on any atom is 0.124 e. The van der Waals surface area contributed by atoms with E-state index < -0.39 is 0 Å². The van der Waals surface area contributed by atoms with Gasteiger partial charge in [0.2, 0.25) is 0 Å². The molecule has 0 saturated carbocycles. The van der Waals surface area contributed by atoms with Crippen molar-refractivity contribution < 1.29 is 4.74 Å². The van der Waals surface area contributed by atoms with Crippen molar-refractivity contribution in [2.24, 2.45) is 0 Å². The van der Waals surface area contributed by atoms with Crippen LogP contribution in [0.3, 0.4) is 0 Å². The smallest absolute Gasteiger partial charge is 0.124 e. The number of ether oxygens (including phenoxy) is 1. The number of methoxy groups -OCH3 is 1. The normalized spacial score (nSPS) is 11.9. The number of benzene rings is 1. The molecule has 0 fully saturated rings. The minimum absolute atomic E-state index is 0.0951. The van der Waals surface area contributed by atoms with E-state index in [1.54, 1.807) is 18.4 Å². The van der Waals surface area contributed by atoms with Crippen molar-refractivity contribution in [2.75, 3.05) is 7.11 Å². The maximum atomic E-state index is 5.29. The second-order valence-corrected chi connectivity index (χ2v) is 7.38. The first-order valence-electron chi connectivity index (χ1n) is 7.18. The number of hydrogen-bond acceptors (Lipinski definition) is 4. The highest BCUT2D eigenvalue weighted by Gasteiger charge is 2.15. The molecule has 0 spiro atoms. The fourth-order valence-corrected chi connectivity index (χ4v) is 3.02. The molecule has 3 nitrogen and oxygen atoms in total. The van der Waals surface area contributed by atoms with Crippen LogP contribution in [0.4, 0.5) is 0 Å². The fraction of sp³-hybridized carbons (Fsp3) is 0.471. The van der Waals surface area contributed by atoms with Gasteiger partial charge in [0, 0.05) is 29.6 Å². The highest BCUT2D eigenvalue weighted by atomic mass is 32.1. The molecule has 0 atom stereocenters. The van der Waals surface area contributed by atoms with Crippen LogP contribution in [0.5, 0.6) is 0 Å². The molecule has 2 rings (SSSR count). The van der Waals surface area contributed by atoms with Gasteiger partial charge >= 0.3 is 0 Å². The highest BCUT2D eigenvalue weighted by Crippen LogP contribution is 2.29. The van der Waals surface area contributed by atoms with Crippen molar-refractivity contribution >= 4 is 11.3 Å². The SMILES string of the molecule is COCc1nc(-c2cccc(C)c2)sc1CNC(C)(C)C. The van der Waals surface area contributed by atoms with Gasteiger partial charge < -0.3 is 10.1 Å². The molecule has 0 bridgehead atoms. The topological polar surface area (TPSA) is 34.1 Å². The predicted molar refractivity (Wildman–Crippen MR) is 89.6 cm³/mol.